The van der Waals surface area contributed by atoms with Crippen molar-refractivity contribution in [3.63, 3.8) is 0 Å². The molecule has 162 valence electrons. The Kier molecular flexibility index (Phi) is 6.63. The molecule has 5 nitrogen and oxygen atoms in total. The van der Waals surface area contributed by atoms with Crippen LogP contribution in [0.2, 0.25) is 5.02 Å². The Morgan fingerprint density at radius 3 is 2.34 bits per heavy atom. The van der Waals surface area contributed by atoms with Gasteiger partial charge in [0.2, 0.25) is 5.91 Å². The zero-order chi connectivity index (χ0) is 22.7. The number of thioether (sulfide) groups is 1. The Balaban J connectivity index is 1.60. The fourth-order valence-corrected chi connectivity index (χ4v) is 4.42. The van der Waals surface area contributed by atoms with Crippen molar-refractivity contribution in [1.82, 2.24) is 14.8 Å². The number of hydrogen-bond acceptors (Lipinski definition) is 4. The van der Waals surface area contributed by atoms with Crippen molar-refractivity contribution in [3.8, 4) is 17.1 Å². The van der Waals surface area contributed by atoms with Gasteiger partial charge in [0.05, 0.1) is 5.75 Å². The van der Waals surface area contributed by atoms with Crippen molar-refractivity contribution in [2.24, 2.45) is 0 Å². The first-order chi connectivity index (χ1) is 15.4. The SMILES string of the molecule is Cc1ccc(-n2c(SCC(=O)Nc3cc(C)cc(C)c3)nnc2-c2cccc(Cl)c2)cc1. The molecule has 0 atom stereocenters. The van der Waals surface area contributed by atoms with Crippen LogP contribution in [0.3, 0.4) is 0 Å². The first kappa shape index (κ1) is 22.1. The summed E-state index contributed by atoms with van der Waals surface area (Å²) < 4.78 is 1.96. The Bertz CT molecular complexity index is 1250. The molecule has 7 heteroatoms. The number of nitrogens with one attached hydrogen (secondary N) is 1. The summed E-state index contributed by atoms with van der Waals surface area (Å²) in [4.78, 5) is 12.6. The number of aryl methyl sites for hydroxylation is 3. The van der Waals surface area contributed by atoms with E-state index in [0.29, 0.717) is 16.0 Å². The van der Waals surface area contributed by atoms with E-state index in [2.05, 4.69) is 21.6 Å². The molecular formula is C25H23ClN4OS. The van der Waals surface area contributed by atoms with Crippen molar-refractivity contribution >= 4 is 35.0 Å². The summed E-state index contributed by atoms with van der Waals surface area (Å²) in [5.74, 6) is 0.795. The van der Waals surface area contributed by atoms with Gasteiger partial charge in [0.1, 0.15) is 0 Å². The van der Waals surface area contributed by atoms with Gasteiger partial charge in [-0.3, -0.25) is 9.36 Å². The second kappa shape index (κ2) is 9.59. The maximum absolute atomic E-state index is 12.6. The van der Waals surface area contributed by atoms with Crippen LogP contribution in [-0.4, -0.2) is 26.4 Å². The zero-order valence-electron chi connectivity index (χ0n) is 18.1. The number of amides is 1. The maximum Gasteiger partial charge on any atom is 0.234 e. The monoisotopic (exact) mass is 462 g/mol. The summed E-state index contributed by atoms with van der Waals surface area (Å²) >= 11 is 7.55. The van der Waals surface area contributed by atoms with Crippen LogP contribution in [0, 0.1) is 20.8 Å². The third kappa shape index (κ3) is 5.21. The van der Waals surface area contributed by atoms with E-state index in [9.17, 15) is 4.79 Å². The van der Waals surface area contributed by atoms with Gasteiger partial charge in [-0.15, -0.1) is 10.2 Å². The Morgan fingerprint density at radius 1 is 0.938 bits per heavy atom. The van der Waals surface area contributed by atoms with Crippen LogP contribution in [0.1, 0.15) is 16.7 Å². The quantitative estimate of drug-likeness (QED) is 0.344. The number of anilines is 1. The summed E-state index contributed by atoms with van der Waals surface area (Å²) in [5, 5.41) is 13.0. The molecule has 0 unspecified atom stereocenters. The molecule has 1 aromatic heterocycles. The van der Waals surface area contributed by atoms with Gasteiger partial charge in [0.15, 0.2) is 11.0 Å². The van der Waals surface area contributed by atoms with Crippen molar-refractivity contribution in [2.45, 2.75) is 25.9 Å². The highest BCUT2D eigenvalue weighted by atomic mass is 35.5. The second-order valence-corrected chi connectivity index (χ2v) is 9.08. The molecule has 0 saturated heterocycles. The van der Waals surface area contributed by atoms with E-state index in [1.54, 1.807) is 0 Å². The third-order valence-corrected chi connectivity index (χ3v) is 6.01. The summed E-state index contributed by atoms with van der Waals surface area (Å²) in [7, 11) is 0. The van der Waals surface area contributed by atoms with Crippen molar-refractivity contribution in [3.05, 3.63) is 88.4 Å². The van der Waals surface area contributed by atoms with Gasteiger partial charge in [-0.05, 0) is 68.3 Å². The molecule has 0 saturated carbocycles. The molecule has 0 radical (unpaired) electrons. The van der Waals surface area contributed by atoms with Crippen LogP contribution in [0.4, 0.5) is 5.69 Å². The van der Waals surface area contributed by atoms with E-state index in [-0.39, 0.29) is 11.7 Å². The predicted molar refractivity (Wildman–Crippen MR) is 132 cm³/mol. The van der Waals surface area contributed by atoms with E-state index < -0.39 is 0 Å². The number of carbonyl (C=O) groups excluding carboxylic acids is 1. The Hall–Kier alpha value is -3.09. The molecule has 32 heavy (non-hydrogen) atoms. The van der Waals surface area contributed by atoms with E-state index in [4.69, 9.17) is 11.6 Å². The van der Waals surface area contributed by atoms with Crippen LogP contribution in [0.25, 0.3) is 17.1 Å². The van der Waals surface area contributed by atoms with Gasteiger partial charge >= 0.3 is 0 Å². The zero-order valence-corrected chi connectivity index (χ0v) is 19.7. The fraction of sp³-hybridized carbons (Fsp3) is 0.160. The Morgan fingerprint density at radius 2 is 1.66 bits per heavy atom. The van der Waals surface area contributed by atoms with E-state index in [0.717, 1.165) is 33.6 Å². The molecule has 0 aliphatic rings. The summed E-state index contributed by atoms with van der Waals surface area (Å²) in [5.41, 5.74) is 5.96. The maximum atomic E-state index is 12.6. The molecule has 3 aromatic carbocycles. The lowest BCUT2D eigenvalue weighted by Gasteiger charge is -2.11. The molecule has 0 bridgehead atoms. The van der Waals surface area contributed by atoms with Gasteiger partial charge in [-0.25, -0.2) is 0 Å². The molecule has 0 spiro atoms. The van der Waals surface area contributed by atoms with E-state index in [1.165, 1.54) is 11.8 Å². The summed E-state index contributed by atoms with van der Waals surface area (Å²) in [6.07, 6.45) is 0. The molecule has 4 rings (SSSR count). The minimum Gasteiger partial charge on any atom is -0.325 e. The Labute approximate surface area is 196 Å². The standard InChI is InChI=1S/C25H23ClN4OS/c1-16-7-9-22(10-8-16)30-24(19-5-4-6-20(26)14-19)28-29-25(30)32-15-23(31)27-21-12-17(2)11-18(3)13-21/h4-14H,15H2,1-3H3,(H,27,31). The molecule has 0 fully saturated rings. The lowest BCUT2D eigenvalue weighted by Crippen LogP contribution is -2.14. The lowest BCUT2D eigenvalue weighted by atomic mass is 10.1. The number of carbonyl (C=O) groups is 1. The molecule has 4 aromatic rings. The number of hydrogen-bond donors (Lipinski definition) is 1. The van der Waals surface area contributed by atoms with Gasteiger partial charge in [0, 0.05) is 22.0 Å². The van der Waals surface area contributed by atoms with Crippen LogP contribution in [0.5, 0.6) is 0 Å². The fourth-order valence-electron chi connectivity index (χ4n) is 3.48. The molecule has 1 amide bonds. The van der Waals surface area contributed by atoms with E-state index >= 15 is 0 Å². The molecule has 1 heterocycles. The van der Waals surface area contributed by atoms with Crippen LogP contribution in [-0.2, 0) is 4.79 Å². The van der Waals surface area contributed by atoms with Gasteiger partial charge < -0.3 is 5.32 Å². The van der Waals surface area contributed by atoms with Crippen molar-refractivity contribution in [2.75, 3.05) is 11.1 Å². The van der Waals surface area contributed by atoms with Crippen molar-refractivity contribution in [1.29, 1.82) is 0 Å². The first-order valence-electron chi connectivity index (χ1n) is 10.2. The number of benzene rings is 3. The number of aromatic nitrogens is 3. The minimum absolute atomic E-state index is 0.0947. The lowest BCUT2D eigenvalue weighted by molar-refractivity contribution is -0.113. The van der Waals surface area contributed by atoms with Crippen LogP contribution in [0.15, 0.2) is 71.9 Å². The largest absolute Gasteiger partial charge is 0.325 e. The molecule has 0 aliphatic carbocycles. The smallest absolute Gasteiger partial charge is 0.234 e. The topological polar surface area (TPSA) is 59.8 Å². The highest BCUT2D eigenvalue weighted by Gasteiger charge is 2.17. The van der Waals surface area contributed by atoms with Gasteiger partial charge in [-0.1, -0.05) is 59.3 Å². The normalized spacial score (nSPS) is 10.9. The third-order valence-electron chi connectivity index (χ3n) is 4.85. The van der Waals surface area contributed by atoms with Gasteiger partial charge in [-0.2, -0.15) is 0 Å². The highest BCUT2D eigenvalue weighted by molar-refractivity contribution is 7.99. The summed E-state index contributed by atoms with van der Waals surface area (Å²) in [6.45, 7) is 6.07. The number of rotatable bonds is 6. The average Bonchev–Trinajstić information content (AvgIpc) is 3.16. The first-order valence-corrected chi connectivity index (χ1v) is 11.5. The summed E-state index contributed by atoms with van der Waals surface area (Å²) in [6, 6.07) is 21.6. The van der Waals surface area contributed by atoms with Gasteiger partial charge in [0.25, 0.3) is 0 Å². The minimum atomic E-state index is -0.0947. The molecule has 0 aliphatic heterocycles. The second-order valence-electron chi connectivity index (χ2n) is 7.70. The van der Waals surface area contributed by atoms with E-state index in [1.807, 2.05) is 86.0 Å². The van der Waals surface area contributed by atoms with Crippen molar-refractivity contribution < 1.29 is 4.79 Å². The molecular weight excluding hydrogens is 440 g/mol. The van der Waals surface area contributed by atoms with Crippen LogP contribution >= 0.6 is 23.4 Å². The number of nitrogens with zero attached hydrogens (tertiary/aromatic N) is 3. The molecule has 1 N–H and O–H groups in total. The van der Waals surface area contributed by atoms with Crippen LogP contribution < -0.4 is 5.32 Å². The predicted octanol–water partition coefficient (Wildman–Crippen LogP) is 6.24. The highest BCUT2D eigenvalue weighted by Crippen LogP contribution is 2.29. The average molecular weight is 463 g/mol. The number of halogens is 1.